The molecule has 1 atom stereocenters. The van der Waals surface area contributed by atoms with E-state index in [2.05, 4.69) is 46.2 Å². The van der Waals surface area contributed by atoms with E-state index in [1.54, 1.807) is 12.4 Å². The Bertz CT molecular complexity index is 801. The second-order valence-corrected chi connectivity index (χ2v) is 8.45. The first-order valence-corrected chi connectivity index (χ1v) is 10.5. The Balaban J connectivity index is 1.66. The van der Waals surface area contributed by atoms with Crippen LogP contribution >= 0.6 is 11.8 Å². The molecule has 0 bridgehead atoms. The number of benzene rings is 1. The lowest BCUT2D eigenvalue weighted by molar-refractivity contribution is -0.113. The number of rotatable bonds is 5. The van der Waals surface area contributed by atoms with Gasteiger partial charge in [0.05, 0.1) is 5.75 Å². The first-order chi connectivity index (χ1) is 12.9. The Morgan fingerprint density at radius 3 is 2.63 bits per heavy atom. The van der Waals surface area contributed by atoms with Gasteiger partial charge in [-0.25, -0.2) is 9.97 Å². The lowest BCUT2D eigenvalue weighted by Crippen LogP contribution is -2.35. The lowest BCUT2D eigenvalue weighted by Gasteiger charge is -2.32. The van der Waals surface area contributed by atoms with Crippen molar-refractivity contribution in [2.75, 3.05) is 29.1 Å². The topological polar surface area (TPSA) is 58.1 Å². The molecule has 0 radical (unpaired) electrons. The second-order valence-electron chi connectivity index (χ2n) is 7.49. The summed E-state index contributed by atoms with van der Waals surface area (Å²) in [5, 5.41) is 3.89. The molecule has 1 aliphatic heterocycles. The number of hydrogen-bond acceptors (Lipinski definition) is 5. The average Bonchev–Trinajstić information content (AvgIpc) is 2.63. The highest BCUT2D eigenvalue weighted by Crippen LogP contribution is 2.29. The minimum absolute atomic E-state index is 0.0151. The highest BCUT2D eigenvalue weighted by Gasteiger charge is 2.21. The van der Waals surface area contributed by atoms with E-state index >= 15 is 0 Å². The van der Waals surface area contributed by atoms with Crippen LogP contribution in [-0.4, -0.2) is 34.7 Å². The molecule has 2 aromatic rings. The van der Waals surface area contributed by atoms with Gasteiger partial charge in [0.2, 0.25) is 5.91 Å². The standard InChI is InChI=1S/C21H28N4OS/c1-14-6-5-9-25(12-14)20-21(23-8-7-22-20)27-13-18(26)24-19-16(3)10-15(2)11-17(19)4/h7-8,10-11,14H,5-6,9,12-13H2,1-4H3,(H,24,26)/t14-/m0/s1. The molecule has 144 valence electrons. The normalized spacial score (nSPS) is 17.0. The number of anilines is 2. The van der Waals surface area contributed by atoms with Gasteiger partial charge in [-0.2, -0.15) is 0 Å². The van der Waals surface area contributed by atoms with E-state index in [-0.39, 0.29) is 5.91 Å². The van der Waals surface area contributed by atoms with E-state index < -0.39 is 0 Å². The van der Waals surface area contributed by atoms with Gasteiger partial charge in [0, 0.05) is 31.2 Å². The molecule has 27 heavy (non-hydrogen) atoms. The quantitative estimate of drug-likeness (QED) is 0.776. The maximum atomic E-state index is 12.5. The number of amides is 1. The molecule has 3 rings (SSSR count). The first kappa shape index (κ1) is 19.7. The molecule has 1 aliphatic rings. The zero-order chi connectivity index (χ0) is 19.4. The van der Waals surface area contributed by atoms with Crippen LogP contribution < -0.4 is 10.2 Å². The molecule has 2 heterocycles. The smallest absolute Gasteiger partial charge is 0.234 e. The van der Waals surface area contributed by atoms with Crippen LogP contribution in [0, 0.1) is 26.7 Å². The van der Waals surface area contributed by atoms with Crippen LogP contribution in [0.1, 0.15) is 36.5 Å². The Morgan fingerprint density at radius 1 is 1.22 bits per heavy atom. The summed E-state index contributed by atoms with van der Waals surface area (Å²) < 4.78 is 0. The maximum Gasteiger partial charge on any atom is 0.234 e. The van der Waals surface area contributed by atoms with Crippen LogP contribution in [-0.2, 0) is 4.79 Å². The molecule has 6 heteroatoms. The summed E-state index contributed by atoms with van der Waals surface area (Å²) in [5.74, 6) is 1.87. The van der Waals surface area contributed by atoms with Crippen molar-refractivity contribution >= 4 is 29.2 Å². The fourth-order valence-corrected chi connectivity index (χ4v) is 4.49. The fraction of sp³-hybridized carbons (Fsp3) is 0.476. The minimum Gasteiger partial charge on any atom is -0.354 e. The van der Waals surface area contributed by atoms with E-state index in [4.69, 9.17) is 0 Å². The molecule has 1 amide bonds. The van der Waals surface area contributed by atoms with Crippen molar-refractivity contribution in [2.45, 2.75) is 45.6 Å². The number of aryl methyl sites for hydroxylation is 3. The number of piperidine rings is 1. The summed E-state index contributed by atoms with van der Waals surface area (Å²) in [7, 11) is 0. The molecule has 5 nitrogen and oxygen atoms in total. The van der Waals surface area contributed by atoms with Crippen molar-refractivity contribution in [2.24, 2.45) is 5.92 Å². The summed E-state index contributed by atoms with van der Waals surface area (Å²) in [6.07, 6.45) is 5.87. The van der Waals surface area contributed by atoms with E-state index in [1.807, 2.05) is 13.8 Å². The highest BCUT2D eigenvalue weighted by molar-refractivity contribution is 8.00. The molecule has 0 spiro atoms. The van der Waals surface area contributed by atoms with Gasteiger partial charge in [-0.1, -0.05) is 36.4 Å². The predicted molar refractivity (Wildman–Crippen MR) is 113 cm³/mol. The zero-order valence-electron chi connectivity index (χ0n) is 16.6. The van der Waals surface area contributed by atoms with E-state index in [1.165, 1.54) is 30.2 Å². The summed E-state index contributed by atoms with van der Waals surface area (Å²) in [5.41, 5.74) is 4.30. The Morgan fingerprint density at radius 2 is 1.93 bits per heavy atom. The maximum absolute atomic E-state index is 12.5. The van der Waals surface area contributed by atoms with Gasteiger partial charge >= 0.3 is 0 Å². The zero-order valence-corrected chi connectivity index (χ0v) is 17.4. The van der Waals surface area contributed by atoms with Crippen LogP contribution in [0.3, 0.4) is 0 Å². The monoisotopic (exact) mass is 384 g/mol. The van der Waals surface area contributed by atoms with Crippen molar-refractivity contribution < 1.29 is 4.79 Å². The fourth-order valence-electron chi connectivity index (χ4n) is 3.71. The molecule has 1 fully saturated rings. The van der Waals surface area contributed by atoms with Gasteiger partial charge in [0.15, 0.2) is 5.82 Å². The Kier molecular flexibility index (Phi) is 6.37. The minimum atomic E-state index is -0.0151. The van der Waals surface area contributed by atoms with Gasteiger partial charge in [-0.05, 0) is 50.7 Å². The van der Waals surface area contributed by atoms with Crippen LogP contribution in [0.2, 0.25) is 0 Å². The van der Waals surface area contributed by atoms with Crippen LogP contribution in [0.5, 0.6) is 0 Å². The van der Waals surface area contributed by atoms with Gasteiger partial charge in [-0.15, -0.1) is 0 Å². The van der Waals surface area contributed by atoms with Gasteiger partial charge in [-0.3, -0.25) is 4.79 Å². The molecule has 1 saturated heterocycles. The molecule has 0 aliphatic carbocycles. The molecule has 1 N–H and O–H groups in total. The number of nitrogens with zero attached hydrogens (tertiary/aromatic N) is 3. The average molecular weight is 385 g/mol. The number of carbonyl (C=O) groups is 1. The first-order valence-electron chi connectivity index (χ1n) is 9.50. The van der Waals surface area contributed by atoms with E-state index in [0.29, 0.717) is 11.7 Å². The van der Waals surface area contributed by atoms with Crippen molar-refractivity contribution in [3.63, 3.8) is 0 Å². The lowest BCUT2D eigenvalue weighted by atomic mass is 10.0. The Hall–Kier alpha value is -2.08. The largest absolute Gasteiger partial charge is 0.354 e. The number of aromatic nitrogens is 2. The van der Waals surface area contributed by atoms with Crippen molar-refractivity contribution in [1.82, 2.24) is 9.97 Å². The summed E-state index contributed by atoms with van der Waals surface area (Å²) in [6.45, 7) is 10.4. The van der Waals surface area contributed by atoms with Crippen molar-refractivity contribution in [3.05, 3.63) is 41.2 Å². The van der Waals surface area contributed by atoms with E-state index in [0.717, 1.165) is 40.7 Å². The third-order valence-electron chi connectivity index (χ3n) is 4.88. The predicted octanol–water partition coefficient (Wildman–Crippen LogP) is 4.37. The summed E-state index contributed by atoms with van der Waals surface area (Å²) in [4.78, 5) is 23.9. The SMILES string of the molecule is Cc1cc(C)c(NC(=O)CSc2nccnc2N2CCC[C@H](C)C2)c(C)c1. The highest BCUT2D eigenvalue weighted by atomic mass is 32.2. The third kappa shape index (κ3) is 5.01. The summed E-state index contributed by atoms with van der Waals surface area (Å²) in [6, 6.07) is 4.18. The number of hydrogen-bond donors (Lipinski definition) is 1. The molecule has 1 aromatic heterocycles. The molecule has 1 aromatic carbocycles. The second kappa shape index (κ2) is 8.74. The molecule has 0 unspecified atom stereocenters. The number of nitrogens with one attached hydrogen (secondary N) is 1. The third-order valence-corrected chi connectivity index (χ3v) is 5.85. The molecule has 0 saturated carbocycles. The van der Waals surface area contributed by atoms with Crippen LogP contribution in [0.15, 0.2) is 29.6 Å². The van der Waals surface area contributed by atoms with Gasteiger partial charge < -0.3 is 10.2 Å². The van der Waals surface area contributed by atoms with Crippen LogP contribution in [0.25, 0.3) is 0 Å². The summed E-state index contributed by atoms with van der Waals surface area (Å²) >= 11 is 1.46. The van der Waals surface area contributed by atoms with Gasteiger partial charge in [0.25, 0.3) is 0 Å². The van der Waals surface area contributed by atoms with Crippen molar-refractivity contribution in [3.8, 4) is 0 Å². The van der Waals surface area contributed by atoms with Crippen LogP contribution in [0.4, 0.5) is 11.5 Å². The van der Waals surface area contributed by atoms with Crippen molar-refractivity contribution in [1.29, 1.82) is 0 Å². The number of carbonyl (C=O) groups excluding carboxylic acids is 1. The van der Waals surface area contributed by atoms with Gasteiger partial charge in [0.1, 0.15) is 5.03 Å². The molecular weight excluding hydrogens is 356 g/mol. The number of thioether (sulfide) groups is 1. The van der Waals surface area contributed by atoms with E-state index in [9.17, 15) is 4.79 Å². The Labute approximate surface area is 166 Å². The molecular formula is C21H28N4OS.